The van der Waals surface area contributed by atoms with Gasteiger partial charge >= 0.3 is 5.97 Å². The number of carbonyl (C=O) groups is 1. The molecule has 0 N–H and O–H groups in total. The number of halogens is 1. The van der Waals surface area contributed by atoms with Crippen LogP contribution in [-0.2, 0) is 27.9 Å². The summed E-state index contributed by atoms with van der Waals surface area (Å²) in [5.41, 5.74) is 1.07. The molecule has 0 saturated carbocycles. The normalized spacial score (nSPS) is 19.1. The van der Waals surface area contributed by atoms with Gasteiger partial charge in [-0.2, -0.15) is 5.10 Å². The van der Waals surface area contributed by atoms with E-state index >= 15 is 0 Å². The Morgan fingerprint density at radius 2 is 2.35 bits per heavy atom. The fourth-order valence-corrected chi connectivity index (χ4v) is 2.69. The predicted molar refractivity (Wildman–Crippen MR) is 75.2 cm³/mol. The zero-order valence-corrected chi connectivity index (χ0v) is 13.3. The van der Waals surface area contributed by atoms with Crippen molar-refractivity contribution in [2.75, 3.05) is 13.2 Å². The van der Waals surface area contributed by atoms with Gasteiger partial charge in [0.2, 0.25) is 0 Å². The first-order valence-electron chi connectivity index (χ1n) is 6.75. The quantitative estimate of drug-likeness (QED) is 0.766. The molecule has 1 saturated heterocycles. The van der Waals surface area contributed by atoms with Gasteiger partial charge in [0, 0.05) is 13.7 Å². The molecule has 1 aliphatic heterocycles. The van der Waals surface area contributed by atoms with Gasteiger partial charge in [-0.1, -0.05) is 0 Å². The minimum atomic E-state index is -0.394. The van der Waals surface area contributed by atoms with Crippen molar-refractivity contribution in [1.82, 2.24) is 9.78 Å². The summed E-state index contributed by atoms with van der Waals surface area (Å²) in [6.45, 7) is 3.14. The number of ether oxygens (including phenoxy) is 3. The van der Waals surface area contributed by atoms with Crippen LogP contribution in [0.4, 0.5) is 0 Å². The fraction of sp³-hybridized carbons (Fsp3) is 0.692. The minimum absolute atomic E-state index is 0.177. The molecule has 2 heterocycles. The van der Waals surface area contributed by atoms with Crippen LogP contribution in [0.5, 0.6) is 0 Å². The average molecular weight is 347 g/mol. The van der Waals surface area contributed by atoms with E-state index in [1.807, 2.05) is 0 Å². The van der Waals surface area contributed by atoms with E-state index in [9.17, 15) is 4.79 Å². The molecule has 1 aliphatic rings. The summed E-state index contributed by atoms with van der Waals surface area (Å²) >= 11 is 3.39. The smallest absolute Gasteiger partial charge is 0.357 e. The van der Waals surface area contributed by atoms with Crippen LogP contribution < -0.4 is 0 Å². The predicted octanol–water partition coefficient (Wildman–Crippen LogP) is 2.40. The monoisotopic (exact) mass is 346 g/mol. The number of aromatic nitrogens is 2. The Balaban J connectivity index is 2.01. The van der Waals surface area contributed by atoms with E-state index in [-0.39, 0.29) is 6.29 Å². The third-order valence-corrected chi connectivity index (χ3v) is 3.90. The number of rotatable bonds is 5. The maximum atomic E-state index is 11.8. The maximum Gasteiger partial charge on any atom is 0.357 e. The molecule has 20 heavy (non-hydrogen) atoms. The Morgan fingerprint density at radius 1 is 1.55 bits per heavy atom. The van der Waals surface area contributed by atoms with E-state index in [4.69, 9.17) is 14.2 Å². The Kier molecular flexibility index (Phi) is 5.56. The molecule has 0 aromatic carbocycles. The highest BCUT2D eigenvalue weighted by Crippen LogP contribution is 2.24. The van der Waals surface area contributed by atoms with Gasteiger partial charge < -0.3 is 14.2 Å². The van der Waals surface area contributed by atoms with Crippen LogP contribution in [0.1, 0.15) is 42.4 Å². The third kappa shape index (κ3) is 3.59. The second-order valence-corrected chi connectivity index (χ2v) is 5.35. The van der Waals surface area contributed by atoms with E-state index < -0.39 is 5.97 Å². The van der Waals surface area contributed by atoms with Gasteiger partial charge in [-0.3, -0.25) is 4.68 Å². The molecule has 0 radical (unpaired) electrons. The number of nitrogens with zero attached hydrogens (tertiary/aromatic N) is 2. The summed E-state index contributed by atoms with van der Waals surface area (Å²) < 4.78 is 18.3. The molecule has 2 rings (SSSR count). The van der Waals surface area contributed by atoms with E-state index in [1.165, 1.54) is 4.68 Å². The van der Waals surface area contributed by atoms with Gasteiger partial charge in [0.05, 0.1) is 17.7 Å². The first kappa shape index (κ1) is 15.5. The Hall–Kier alpha value is -0.920. The summed E-state index contributed by atoms with van der Waals surface area (Å²) in [6, 6.07) is 0. The molecule has 112 valence electrons. The van der Waals surface area contributed by atoms with E-state index in [2.05, 4.69) is 21.0 Å². The molecule has 0 bridgehead atoms. The lowest BCUT2D eigenvalue weighted by molar-refractivity contribution is -0.169. The van der Waals surface area contributed by atoms with Crippen LogP contribution in [0.2, 0.25) is 0 Å². The number of hydrogen-bond acceptors (Lipinski definition) is 5. The van der Waals surface area contributed by atoms with Crippen LogP contribution in [-0.4, -0.2) is 35.3 Å². The first-order chi connectivity index (χ1) is 9.63. The lowest BCUT2D eigenvalue weighted by Crippen LogP contribution is -2.22. The summed E-state index contributed by atoms with van der Waals surface area (Å²) in [4.78, 5) is 11.8. The van der Waals surface area contributed by atoms with E-state index in [0.29, 0.717) is 29.1 Å². The first-order valence-corrected chi connectivity index (χ1v) is 7.54. The van der Waals surface area contributed by atoms with Crippen LogP contribution in [0.3, 0.4) is 0 Å². The van der Waals surface area contributed by atoms with Crippen molar-refractivity contribution in [3.63, 3.8) is 0 Å². The molecule has 1 aromatic rings. The lowest BCUT2D eigenvalue weighted by Gasteiger charge is -2.22. The molecule has 0 aliphatic carbocycles. The van der Waals surface area contributed by atoms with Gasteiger partial charge in [-0.15, -0.1) is 0 Å². The topological polar surface area (TPSA) is 62.6 Å². The van der Waals surface area contributed by atoms with Crippen LogP contribution in [0.15, 0.2) is 4.47 Å². The van der Waals surface area contributed by atoms with Crippen molar-refractivity contribution in [3.05, 3.63) is 15.9 Å². The van der Waals surface area contributed by atoms with Crippen LogP contribution in [0.25, 0.3) is 0 Å². The lowest BCUT2D eigenvalue weighted by atomic mass is 10.2. The highest BCUT2D eigenvalue weighted by molar-refractivity contribution is 9.10. The van der Waals surface area contributed by atoms with Gasteiger partial charge in [0.1, 0.15) is 5.69 Å². The maximum absolute atomic E-state index is 11.8. The molecule has 0 spiro atoms. The van der Waals surface area contributed by atoms with Crippen molar-refractivity contribution in [2.45, 2.75) is 39.1 Å². The van der Waals surface area contributed by atoms with E-state index in [1.54, 1.807) is 14.0 Å². The standard InChI is InChI=1S/C13H19BrN2O4/c1-3-18-13(17)12-11(14)9(15-16(12)2)8-20-10-6-4-5-7-19-10/h10H,3-8H2,1-2H3/t10-/m1/s1. The Labute approximate surface area is 126 Å². The molecule has 0 unspecified atom stereocenters. The summed E-state index contributed by atoms with van der Waals surface area (Å²) in [6.07, 6.45) is 2.92. The van der Waals surface area contributed by atoms with Gasteiger partial charge in [0.15, 0.2) is 12.0 Å². The van der Waals surface area contributed by atoms with Gasteiger partial charge in [-0.25, -0.2) is 4.79 Å². The van der Waals surface area contributed by atoms with Crippen LogP contribution >= 0.6 is 15.9 Å². The number of carbonyl (C=O) groups excluding carboxylic acids is 1. The minimum Gasteiger partial charge on any atom is -0.461 e. The Bertz CT molecular complexity index is 469. The number of esters is 1. The van der Waals surface area contributed by atoms with Crippen molar-refractivity contribution >= 4 is 21.9 Å². The Morgan fingerprint density at radius 3 is 3.00 bits per heavy atom. The highest BCUT2D eigenvalue weighted by Gasteiger charge is 2.22. The highest BCUT2D eigenvalue weighted by atomic mass is 79.9. The fourth-order valence-electron chi connectivity index (χ4n) is 2.08. The largest absolute Gasteiger partial charge is 0.461 e. The van der Waals surface area contributed by atoms with Crippen molar-refractivity contribution in [1.29, 1.82) is 0 Å². The zero-order chi connectivity index (χ0) is 14.5. The summed E-state index contributed by atoms with van der Waals surface area (Å²) in [5, 5.41) is 4.29. The number of hydrogen-bond donors (Lipinski definition) is 0. The van der Waals surface area contributed by atoms with Crippen molar-refractivity contribution < 1.29 is 19.0 Å². The molecular weight excluding hydrogens is 328 g/mol. The average Bonchev–Trinajstić information content (AvgIpc) is 2.72. The molecule has 6 nitrogen and oxygen atoms in total. The van der Waals surface area contributed by atoms with E-state index in [0.717, 1.165) is 25.9 Å². The molecular formula is C13H19BrN2O4. The molecule has 0 amide bonds. The molecule has 1 atom stereocenters. The second kappa shape index (κ2) is 7.19. The molecule has 1 fully saturated rings. The van der Waals surface area contributed by atoms with Gasteiger partial charge in [-0.05, 0) is 42.1 Å². The van der Waals surface area contributed by atoms with Crippen molar-refractivity contribution in [2.24, 2.45) is 7.05 Å². The van der Waals surface area contributed by atoms with Gasteiger partial charge in [0.25, 0.3) is 0 Å². The number of aryl methyl sites for hydroxylation is 1. The SMILES string of the molecule is CCOC(=O)c1c(Br)c(CO[C@@H]2CCCCO2)nn1C. The van der Waals surface area contributed by atoms with Crippen LogP contribution in [0, 0.1) is 0 Å². The summed E-state index contributed by atoms with van der Waals surface area (Å²) in [7, 11) is 1.71. The third-order valence-electron chi connectivity index (χ3n) is 3.07. The molecule has 7 heteroatoms. The molecule has 1 aromatic heterocycles. The second-order valence-electron chi connectivity index (χ2n) is 4.56. The zero-order valence-electron chi connectivity index (χ0n) is 11.7. The summed E-state index contributed by atoms with van der Waals surface area (Å²) in [5.74, 6) is -0.394. The van der Waals surface area contributed by atoms with Crippen molar-refractivity contribution in [3.8, 4) is 0 Å².